The Kier molecular flexibility index (Phi) is 7.29. The molecule has 1 heterocycles. The molecule has 224 valence electrons. The number of nitrogens with zero attached hydrogens (tertiary/aromatic N) is 2. The fraction of sp³-hybridized carbons (Fsp3) is 0.531. The van der Waals surface area contributed by atoms with Gasteiger partial charge < -0.3 is 31.7 Å². The number of carbonyl (C=O) groups excluding carboxylic acids is 2. The standard InChI is InChI=1S/C32H42N6O4/c1-31(2,29(40)41)35-12-11-34-23-7-9-24(10-8-23)37-13-14-38(26-6-4-3-5-25(26)37)30(42)36-27-21-15-20-16-22(27)19-32(17-20,18-21)28(33)39/h3-10,20-22,27,34-35H,11-19H2,1-2H3,(H2,33,39)(H,36,42)(H,40,41). The van der Waals surface area contributed by atoms with Crippen molar-refractivity contribution in [1.82, 2.24) is 10.6 Å². The SMILES string of the molecule is CC(C)(NCCNc1ccc(N2CCN(C(=O)NC3C4CC5CC3CC(C(N)=O)(C5)C4)c3ccccc32)cc1)C(=O)O. The molecule has 6 N–H and O–H groups in total. The van der Waals surface area contributed by atoms with Crippen molar-refractivity contribution in [2.75, 3.05) is 41.3 Å². The van der Waals surface area contributed by atoms with Crippen LogP contribution in [0.4, 0.5) is 27.5 Å². The highest BCUT2D eigenvalue weighted by atomic mass is 16.4. The molecule has 0 spiro atoms. The second kappa shape index (κ2) is 10.8. The lowest BCUT2D eigenvalue weighted by Crippen LogP contribution is -2.63. The summed E-state index contributed by atoms with van der Waals surface area (Å²) in [6, 6.07) is 16.2. The van der Waals surface area contributed by atoms with E-state index in [1.165, 1.54) is 0 Å². The van der Waals surface area contributed by atoms with Gasteiger partial charge in [-0.05, 0) is 100 Å². The molecule has 7 rings (SSSR count). The predicted molar refractivity (Wildman–Crippen MR) is 163 cm³/mol. The van der Waals surface area contributed by atoms with E-state index in [-0.39, 0.29) is 23.4 Å². The van der Waals surface area contributed by atoms with Crippen molar-refractivity contribution >= 4 is 40.7 Å². The maximum Gasteiger partial charge on any atom is 0.323 e. The van der Waals surface area contributed by atoms with E-state index in [1.807, 2.05) is 35.2 Å². The number of hydrogen-bond acceptors (Lipinski definition) is 6. The summed E-state index contributed by atoms with van der Waals surface area (Å²) in [5, 5.41) is 19.0. The highest BCUT2D eigenvalue weighted by Crippen LogP contribution is 2.60. The van der Waals surface area contributed by atoms with Crippen molar-refractivity contribution in [2.45, 2.75) is 57.5 Å². The van der Waals surface area contributed by atoms with Gasteiger partial charge in [-0.2, -0.15) is 0 Å². The Hall–Kier alpha value is -3.79. The van der Waals surface area contributed by atoms with Crippen molar-refractivity contribution in [3.05, 3.63) is 48.5 Å². The maximum atomic E-state index is 13.7. The van der Waals surface area contributed by atoms with Crippen molar-refractivity contribution in [1.29, 1.82) is 0 Å². The number of nitrogens with two attached hydrogens (primary N) is 1. The van der Waals surface area contributed by atoms with Gasteiger partial charge in [-0.3, -0.25) is 14.5 Å². The summed E-state index contributed by atoms with van der Waals surface area (Å²) in [7, 11) is 0. The van der Waals surface area contributed by atoms with Crippen LogP contribution in [0, 0.1) is 23.2 Å². The number of carboxylic acids is 1. The number of primary amides is 1. The summed E-state index contributed by atoms with van der Waals surface area (Å²) in [5.74, 6) is 0.148. The number of hydrogen-bond donors (Lipinski definition) is 5. The lowest BCUT2D eigenvalue weighted by molar-refractivity contribution is -0.145. The van der Waals surface area contributed by atoms with E-state index in [4.69, 9.17) is 5.73 Å². The largest absolute Gasteiger partial charge is 0.480 e. The van der Waals surface area contributed by atoms with Gasteiger partial charge in [0.15, 0.2) is 0 Å². The molecule has 3 amide bonds. The van der Waals surface area contributed by atoms with E-state index in [0.717, 1.165) is 54.9 Å². The third-order valence-corrected chi connectivity index (χ3v) is 10.1. The van der Waals surface area contributed by atoms with E-state index in [9.17, 15) is 19.5 Å². The molecule has 4 saturated carbocycles. The molecular weight excluding hydrogens is 532 g/mol. The lowest BCUT2D eigenvalue weighted by atomic mass is 9.47. The molecule has 2 atom stereocenters. The van der Waals surface area contributed by atoms with Gasteiger partial charge in [0, 0.05) is 49.0 Å². The van der Waals surface area contributed by atoms with Crippen LogP contribution in [0.25, 0.3) is 0 Å². The highest BCUT2D eigenvalue weighted by molar-refractivity contribution is 5.98. The third kappa shape index (κ3) is 5.17. The summed E-state index contributed by atoms with van der Waals surface area (Å²) in [6.07, 6.45) is 4.66. The summed E-state index contributed by atoms with van der Waals surface area (Å²) < 4.78 is 0. The number of carbonyl (C=O) groups is 3. The van der Waals surface area contributed by atoms with E-state index >= 15 is 0 Å². The fourth-order valence-electron chi connectivity index (χ4n) is 8.04. The molecule has 5 aliphatic rings. The van der Waals surface area contributed by atoms with Crippen LogP contribution in [-0.4, -0.2) is 60.8 Å². The molecule has 2 aromatic rings. The van der Waals surface area contributed by atoms with Crippen molar-refractivity contribution in [3.8, 4) is 0 Å². The Bertz CT molecular complexity index is 1350. The Morgan fingerprint density at radius 1 is 0.952 bits per heavy atom. The van der Waals surface area contributed by atoms with Crippen LogP contribution in [0.5, 0.6) is 0 Å². The molecule has 0 aromatic heterocycles. The Morgan fingerprint density at radius 3 is 2.26 bits per heavy atom. The molecule has 1 aliphatic heterocycles. The first-order valence-corrected chi connectivity index (χ1v) is 15.1. The Morgan fingerprint density at radius 2 is 1.62 bits per heavy atom. The molecule has 2 unspecified atom stereocenters. The normalized spacial score (nSPS) is 27.9. The van der Waals surface area contributed by atoms with Gasteiger partial charge in [0.1, 0.15) is 5.54 Å². The number of carboxylic acid groups (broad SMARTS) is 1. The first kappa shape index (κ1) is 28.3. The molecule has 0 radical (unpaired) electrons. The Balaban J connectivity index is 1.10. The summed E-state index contributed by atoms with van der Waals surface area (Å²) >= 11 is 0. The topological polar surface area (TPSA) is 140 Å². The van der Waals surface area contributed by atoms with E-state index < -0.39 is 11.5 Å². The van der Waals surface area contributed by atoms with Crippen molar-refractivity contribution in [3.63, 3.8) is 0 Å². The fourth-order valence-corrected chi connectivity index (χ4v) is 8.04. The number of rotatable bonds is 9. The van der Waals surface area contributed by atoms with Crippen molar-refractivity contribution in [2.24, 2.45) is 28.9 Å². The summed E-state index contributed by atoms with van der Waals surface area (Å²) in [4.78, 5) is 41.4. The number of benzene rings is 2. The van der Waals surface area contributed by atoms with Crippen molar-refractivity contribution < 1.29 is 19.5 Å². The highest BCUT2D eigenvalue weighted by Gasteiger charge is 2.58. The first-order chi connectivity index (χ1) is 20.1. The number of anilines is 4. The molecule has 0 saturated heterocycles. The molecule has 42 heavy (non-hydrogen) atoms. The summed E-state index contributed by atoms with van der Waals surface area (Å²) in [5.41, 5.74) is 8.38. The van der Waals surface area contributed by atoms with Crippen LogP contribution in [0.3, 0.4) is 0 Å². The minimum absolute atomic E-state index is 0.0630. The zero-order valence-corrected chi connectivity index (χ0v) is 24.4. The van der Waals surface area contributed by atoms with Crippen LogP contribution in [0.1, 0.15) is 46.0 Å². The van der Waals surface area contributed by atoms with Crippen LogP contribution in [0.15, 0.2) is 48.5 Å². The molecule has 10 nitrogen and oxygen atoms in total. The van der Waals surface area contributed by atoms with Crippen LogP contribution < -0.4 is 31.5 Å². The van der Waals surface area contributed by atoms with E-state index in [2.05, 4.69) is 39.0 Å². The van der Waals surface area contributed by atoms with Gasteiger partial charge >= 0.3 is 12.0 Å². The summed E-state index contributed by atoms with van der Waals surface area (Å²) in [6.45, 7) is 5.64. The number of para-hydroxylation sites is 2. The van der Waals surface area contributed by atoms with Gasteiger partial charge in [-0.25, -0.2) is 4.79 Å². The third-order valence-electron chi connectivity index (χ3n) is 10.1. The molecule has 2 aromatic carbocycles. The monoisotopic (exact) mass is 574 g/mol. The van der Waals surface area contributed by atoms with Gasteiger partial charge in [0.2, 0.25) is 5.91 Å². The van der Waals surface area contributed by atoms with E-state index in [1.54, 1.807) is 13.8 Å². The Labute approximate surface area is 247 Å². The zero-order chi connectivity index (χ0) is 29.6. The number of fused-ring (bicyclic) bond motifs is 1. The van der Waals surface area contributed by atoms with Crippen LogP contribution in [0.2, 0.25) is 0 Å². The quantitative estimate of drug-likeness (QED) is 0.286. The van der Waals surface area contributed by atoms with Gasteiger partial charge in [-0.15, -0.1) is 0 Å². The van der Waals surface area contributed by atoms with Gasteiger partial charge in [-0.1, -0.05) is 12.1 Å². The van der Waals surface area contributed by atoms with E-state index in [0.29, 0.717) is 43.9 Å². The molecule has 4 bridgehead atoms. The number of amides is 3. The number of nitrogens with one attached hydrogen (secondary N) is 3. The minimum atomic E-state index is -0.971. The minimum Gasteiger partial charge on any atom is -0.480 e. The van der Waals surface area contributed by atoms with Gasteiger partial charge in [0.05, 0.1) is 11.4 Å². The zero-order valence-electron chi connectivity index (χ0n) is 24.4. The molecular formula is C32H42N6O4. The second-order valence-corrected chi connectivity index (χ2v) is 13.2. The van der Waals surface area contributed by atoms with Crippen LogP contribution >= 0.6 is 0 Å². The second-order valence-electron chi connectivity index (χ2n) is 13.2. The molecule has 4 aliphatic carbocycles. The molecule has 10 heteroatoms. The smallest absolute Gasteiger partial charge is 0.323 e. The molecule has 4 fully saturated rings. The van der Waals surface area contributed by atoms with Gasteiger partial charge in [0.25, 0.3) is 0 Å². The first-order valence-electron chi connectivity index (χ1n) is 15.1. The maximum absolute atomic E-state index is 13.7. The van der Waals surface area contributed by atoms with Crippen LogP contribution in [-0.2, 0) is 9.59 Å². The predicted octanol–water partition coefficient (Wildman–Crippen LogP) is 3.90. The number of urea groups is 1. The average molecular weight is 575 g/mol. The average Bonchev–Trinajstić information content (AvgIpc) is 2.96. The number of aliphatic carboxylic acids is 1. The lowest BCUT2D eigenvalue weighted by Gasteiger charge is -2.59.